The summed E-state index contributed by atoms with van der Waals surface area (Å²) in [6.45, 7) is 4.43. The minimum Gasteiger partial charge on any atom is -0.493 e. The van der Waals surface area contributed by atoms with Gasteiger partial charge >= 0.3 is 0 Å². The summed E-state index contributed by atoms with van der Waals surface area (Å²) in [4.78, 5) is 12.7. The highest BCUT2D eigenvalue weighted by Crippen LogP contribution is 2.27. The summed E-state index contributed by atoms with van der Waals surface area (Å²) in [6.07, 6.45) is 0. The smallest absolute Gasteiger partial charge is 0.259 e. The number of aryl methyl sites for hydroxylation is 1. The number of aromatic nitrogens is 2. The van der Waals surface area contributed by atoms with Crippen LogP contribution in [0, 0.1) is 42.9 Å². The molecule has 3 aromatic rings. The summed E-state index contributed by atoms with van der Waals surface area (Å²) in [6, 6.07) is 6.55. The Bertz CT molecular complexity index is 1130. The van der Waals surface area contributed by atoms with Gasteiger partial charge in [-0.2, -0.15) is 5.10 Å². The normalized spacial score (nSPS) is 11.0. The maximum Gasteiger partial charge on any atom is 0.259 e. The molecule has 31 heavy (non-hydrogen) atoms. The Morgan fingerprint density at radius 1 is 1.00 bits per heavy atom. The van der Waals surface area contributed by atoms with Gasteiger partial charge in [-0.3, -0.25) is 9.48 Å². The fraction of sp³-hybridized carbons (Fsp3) is 0.238. The summed E-state index contributed by atoms with van der Waals surface area (Å²) in [5.74, 6) is -10.3. The SMILES string of the molecule is CCOc1ccccc1C(=O)Nc1c(C)nn(Cc2c(F)c(F)c(F)c(F)c2F)c1C. The van der Waals surface area contributed by atoms with Crippen LogP contribution >= 0.6 is 0 Å². The second-order valence-corrected chi connectivity index (χ2v) is 6.64. The Kier molecular flexibility index (Phi) is 6.28. The Morgan fingerprint density at radius 3 is 2.19 bits per heavy atom. The quantitative estimate of drug-likeness (QED) is 0.338. The van der Waals surface area contributed by atoms with Crippen LogP contribution < -0.4 is 10.1 Å². The molecular weight excluding hydrogens is 421 g/mol. The van der Waals surface area contributed by atoms with E-state index in [0.717, 1.165) is 4.68 Å². The number of amides is 1. The molecule has 0 radical (unpaired) electrons. The lowest BCUT2D eigenvalue weighted by Gasteiger charge is -2.12. The summed E-state index contributed by atoms with van der Waals surface area (Å²) in [5.41, 5.74) is 0.0460. The lowest BCUT2D eigenvalue weighted by Crippen LogP contribution is -2.15. The van der Waals surface area contributed by atoms with E-state index in [1.54, 1.807) is 31.2 Å². The lowest BCUT2D eigenvalue weighted by atomic mass is 10.1. The van der Waals surface area contributed by atoms with Gasteiger partial charge in [-0.25, -0.2) is 22.0 Å². The molecule has 0 saturated carbocycles. The first kappa shape index (κ1) is 22.3. The fourth-order valence-electron chi connectivity index (χ4n) is 3.09. The Hall–Kier alpha value is -3.43. The van der Waals surface area contributed by atoms with Crippen molar-refractivity contribution >= 4 is 11.6 Å². The van der Waals surface area contributed by atoms with E-state index in [1.807, 2.05) is 0 Å². The van der Waals surface area contributed by atoms with Crippen LogP contribution in [0.4, 0.5) is 27.6 Å². The third-order valence-electron chi connectivity index (χ3n) is 4.66. The molecule has 1 amide bonds. The van der Waals surface area contributed by atoms with Crippen LogP contribution in [0.5, 0.6) is 5.75 Å². The number of hydrogen-bond donors (Lipinski definition) is 1. The van der Waals surface area contributed by atoms with Crippen LogP contribution in [0.15, 0.2) is 24.3 Å². The number of carbonyl (C=O) groups excluding carboxylic acids is 1. The minimum absolute atomic E-state index is 0.250. The van der Waals surface area contributed by atoms with Gasteiger partial charge in [-0.1, -0.05) is 12.1 Å². The molecule has 1 N–H and O–H groups in total. The second kappa shape index (κ2) is 8.75. The van der Waals surface area contributed by atoms with E-state index in [0.29, 0.717) is 18.1 Å². The molecular formula is C21H18F5N3O2. The van der Waals surface area contributed by atoms with Gasteiger partial charge in [-0.15, -0.1) is 0 Å². The summed E-state index contributed by atoms with van der Waals surface area (Å²) < 4.78 is 74.8. The zero-order valence-corrected chi connectivity index (χ0v) is 16.8. The monoisotopic (exact) mass is 439 g/mol. The van der Waals surface area contributed by atoms with Crippen LogP contribution in [0.25, 0.3) is 0 Å². The van der Waals surface area contributed by atoms with Crippen molar-refractivity contribution in [3.05, 3.63) is 75.9 Å². The number of benzene rings is 2. The number of nitrogens with zero attached hydrogens (tertiary/aromatic N) is 2. The second-order valence-electron chi connectivity index (χ2n) is 6.64. The molecule has 1 heterocycles. The highest BCUT2D eigenvalue weighted by molar-refractivity contribution is 6.06. The van der Waals surface area contributed by atoms with Crippen molar-refractivity contribution in [2.45, 2.75) is 27.3 Å². The van der Waals surface area contributed by atoms with Gasteiger partial charge in [0.15, 0.2) is 23.3 Å². The van der Waals surface area contributed by atoms with Gasteiger partial charge in [0, 0.05) is 0 Å². The number of anilines is 1. The fourth-order valence-corrected chi connectivity index (χ4v) is 3.09. The predicted molar refractivity (Wildman–Crippen MR) is 103 cm³/mol. The van der Waals surface area contributed by atoms with Gasteiger partial charge in [0.1, 0.15) is 5.75 Å². The first-order valence-electron chi connectivity index (χ1n) is 9.24. The molecule has 1 aromatic heterocycles. The minimum atomic E-state index is -2.23. The summed E-state index contributed by atoms with van der Waals surface area (Å²) >= 11 is 0. The first-order valence-corrected chi connectivity index (χ1v) is 9.24. The molecule has 3 rings (SSSR count). The van der Waals surface area contributed by atoms with Crippen molar-refractivity contribution < 1.29 is 31.5 Å². The van der Waals surface area contributed by atoms with Crippen LogP contribution in [0.3, 0.4) is 0 Å². The highest BCUT2D eigenvalue weighted by atomic mass is 19.2. The van der Waals surface area contributed by atoms with Crippen molar-refractivity contribution in [1.29, 1.82) is 0 Å². The van der Waals surface area contributed by atoms with Crippen LogP contribution in [0.2, 0.25) is 0 Å². The Labute approximate surface area is 174 Å². The van der Waals surface area contributed by atoms with E-state index in [4.69, 9.17) is 4.74 Å². The summed E-state index contributed by atoms with van der Waals surface area (Å²) in [7, 11) is 0. The van der Waals surface area contributed by atoms with Gasteiger partial charge in [0.2, 0.25) is 5.82 Å². The predicted octanol–water partition coefficient (Wildman–Crippen LogP) is 4.89. The van der Waals surface area contributed by atoms with Crippen LogP contribution in [-0.4, -0.2) is 22.3 Å². The van der Waals surface area contributed by atoms with Gasteiger partial charge in [-0.05, 0) is 32.9 Å². The van der Waals surface area contributed by atoms with Crippen LogP contribution in [-0.2, 0) is 6.54 Å². The van der Waals surface area contributed by atoms with E-state index in [2.05, 4.69) is 10.4 Å². The molecule has 0 aliphatic heterocycles. The average Bonchev–Trinajstić information content (AvgIpc) is 3.01. The Balaban J connectivity index is 1.94. The molecule has 0 aliphatic carbocycles. The molecule has 2 aromatic carbocycles. The third kappa shape index (κ3) is 4.10. The number of rotatable bonds is 6. The average molecular weight is 439 g/mol. The Morgan fingerprint density at radius 2 is 1.58 bits per heavy atom. The largest absolute Gasteiger partial charge is 0.493 e. The van der Waals surface area contributed by atoms with Crippen LogP contribution in [0.1, 0.15) is 34.2 Å². The van der Waals surface area contributed by atoms with Gasteiger partial charge in [0.05, 0.1) is 41.4 Å². The molecule has 0 fully saturated rings. The number of carbonyl (C=O) groups is 1. The molecule has 0 bridgehead atoms. The highest BCUT2D eigenvalue weighted by Gasteiger charge is 2.27. The van der Waals surface area contributed by atoms with E-state index in [9.17, 15) is 26.7 Å². The number of halogens is 5. The van der Waals surface area contributed by atoms with Crippen molar-refractivity contribution in [3.8, 4) is 5.75 Å². The standard InChI is InChI=1S/C21H18F5N3O2/c1-4-31-14-8-6-5-7-12(14)21(30)27-20-10(2)28-29(11(20)3)9-13-15(22)17(24)19(26)18(25)16(13)23/h5-8H,4,9H2,1-3H3,(H,27,30). The van der Waals surface area contributed by atoms with E-state index in [-0.39, 0.29) is 16.9 Å². The van der Waals surface area contributed by atoms with E-state index in [1.165, 1.54) is 13.8 Å². The van der Waals surface area contributed by atoms with E-state index >= 15 is 0 Å². The molecule has 0 atom stereocenters. The third-order valence-corrected chi connectivity index (χ3v) is 4.66. The number of hydrogen-bond acceptors (Lipinski definition) is 3. The molecule has 0 unspecified atom stereocenters. The zero-order chi connectivity index (χ0) is 22.9. The zero-order valence-electron chi connectivity index (χ0n) is 16.8. The van der Waals surface area contributed by atoms with Crippen molar-refractivity contribution in [1.82, 2.24) is 9.78 Å². The number of para-hydroxylation sites is 1. The molecule has 0 saturated heterocycles. The lowest BCUT2D eigenvalue weighted by molar-refractivity contribution is 0.102. The molecule has 10 heteroatoms. The summed E-state index contributed by atoms with van der Waals surface area (Å²) in [5, 5.41) is 6.74. The van der Waals surface area contributed by atoms with E-state index < -0.39 is 47.1 Å². The molecule has 5 nitrogen and oxygen atoms in total. The van der Waals surface area contributed by atoms with Gasteiger partial charge in [0.25, 0.3) is 5.91 Å². The number of nitrogens with one attached hydrogen (secondary N) is 1. The molecule has 164 valence electrons. The van der Waals surface area contributed by atoms with Crippen molar-refractivity contribution in [2.75, 3.05) is 11.9 Å². The van der Waals surface area contributed by atoms with Gasteiger partial charge < -0.3 is 10.1 Å². The maximum absolute atomic E-state index is 14.0. The first-order chi connectivity index (χ1) is 14.7. The van der Waals surface area contributed by atoms with Crippen molar-refractivity contribution in [2.24, 2.45) is 0 Å². The molecule has 0 aliphatic rings. The maximum atomic E-state index is 14.0. The van der Waals surface area contributed by atoms with Crippen molar-refractivity contribution in [3.63, 3.8) is 0 Å². The number of ether oxygens (including phenoxy) is 1. The topological polar surface area (TPSA) is 56.1 Å². The molecule has 0 spiro atoms.